The standard InChI is InChI=1S/C13H12F3NOS.ClH/c1-18-10-7-8(13(14,15)16)4-5-9(10)12(17)11-3-2-6-19-11;/h2-7,12H,17H2,1H3;1H/t12-;/m0./s1. The highest BCUT2D eigenvalue weighted by atomic mass is 35.5. The summed E-state index contributed by atoms with van der Waals surface area (Å²) in [5, 5.41) is 1.87. The molecule has 1 atom stereocenters. The van der Waals surface area contributed by atoms with Gasteiger partial charge in [-0.3, -0.25) is 0 Å². The molecule has 0 unspecified atom stereocenters. The lowest BCUT2D eigenvalue weighted by Gasteiger charge is -2.16. The van der Waals surface area contributed by atoms with Crippen LogP contribution >= 0.6 is 23.7 Å². The summed E-state index contributed by atoms with van der Waals surface area (Å²) < 4.78 is 42.9. The molecule has 2 aromatic rings. The molecule has 0 saturated heterocycles. The fourth-order valence-electron chi connectivity index (χ4n) is 1.77. The van der Waals surface area contributed by atoms with Crippen LogP contribution in [0.4, 0.5) is 13.2 Å². The van der Waals surface area contributed by atoms with E-state index >= 15 is 0 Å². The third-order valence-corrected chi connectivity index (χ3v) is 3.70. The topological polar surface area (TPSA) is 35.2 Å². The fourth-order valence-corrected chi connectivity index (χ4v) is 2.51. The Labute approximate surface area is 124 Å². The minimum atomic E-state index is -4.39. The third kappa shape index (κ3) is 3.45. The average molecular weight is 324 g/mol. The number of rotatable bonds is 3. The van der Waals surface area contributed by atoms with E-state index in [-0.39, 0.29) is 18.2 Å². The smallest absolute Gasteiger partial charge is 0.416 e. The fraction of sp³-hybridized carbons (Fsp3) is 0.231. The summed E-state index contributed by atoms with van der Waals surface area (Å²) in [6.07, 6.45) is -4.39. The van der Waals surface area contributed by atoms with Gasteiger partial charge >= 0.3 is 6.18 Å². The van der Waals surface area contributed by atoms with E-state index in [4.69, 9.17) is 10.5 Å². The molecule has 110 valence electrons. The summed E-state index contributed by atoms with van der Waals surface area (Å²) in [6, 6.07) is 6.56. The monoisotopic (exact) mass is 323 g/mol. The molecule has 1 aromatic carbocycles. The van der Waals surface area contributed by atoms with Crippen LogP contribution in [0.2, 0.25) is 0 Å². The van der Waals surface area contributed by atoms with Crippen molar-refractivity contribution in [2.75, 3.05) is 7.11 Å². The number of thiophene rings is 1. The number of hydrogen-bond donors (Lipinski definition) is 1. The maximum Gasteiger partial charge on any atom is 0.416 e. The van der Waals surface area contributed by atoms with E-state index in [1.54, 1.807) is 0 Å². The third-order valence-electron chi connectivity index (χ3n) is 2.75. The van der Waals surface area contributed by atoms with Crippen LogP contribution in [0.25, 0.3) is 0 Å². The zero-order chi connectivity index (χ0) is 14.0. The number of hydrogen-bond acceptors (Lipinski definition) is 3. The summed E-state index contributed by atoms with van der Waals surface area (Å²) in [6.45, 7) is 0. The first-order chi connectivity index (χ1) is 8.93. The first-order valence-corrected chi connectivity index (χ1v) is 6.35. The Morgan fingerprint density at radius 1 is 1.25 bits per heavy atom. The number of benzene rings is 1. The largest absolute Gasteiger partial charge is 0.496 e. The van der Waals surface area contributed by atoms with Crippen molar-refractivity contribution >= 4 is 23.7 Å². The van der Waals surface area contributed by atoms with Crippen LogP contribution < -0.4 is 10.5 Å². The highest BCUT2D eigenvalue weighted by Crippen LogP contribution is 2.36. The Morgan fingerprint density at radius 3 is 2.45 bits per heavy atom. The highest BCUT2D eigenvalue weighted by molar-refractivity contribution is 7.10. The van der Waals surface area contributed by atoms with Crippen molar-refractivity contribution in [3.05, 3.63) is 51.7 Å². The number of alkyl halides is 3. The van der Waals surface area contributed by atoms with Crippen molar-refractivity contribution in [1.29, 1.82) is 0 Å². The van der Waals surface area contributed by atoms with Crippen molar-refractivity contribution in [2.45, 2.75) is 12.2 Å². The van der Waals surface area contributed by atoms with Gasteiger partial charge in [0.2, 0.25) is 0 Å². The van der Waals surface area contributed by atoms with Crippen LogP contribution in [-0.4, -0.2) is 7.11 Å². The maximum atomic E-state index is 12.6. The van der Waals surface area contributed by atoms with Gasteiger partial charge in [-0.1, -0.05) is 12.1 Å². The van der Waals surface area contributed by atoms with E-state index < -0.39 is 17.8 Å². The van der Waals surface area contributed by atoms with Crippen molar-refractivity contribution < 1.29 is 17.9 Å². The van der Waals surface area contributed by atoms with E-state index in [2.05, 4.69) is 0 Å². The van der Waals surface area contributed by atoms with Crippen molar-refractivity contribution in [3.63, 3.8) is 0 Å². The lowest BCUT2D eigenvalue weighted by Crippen LogP contribution is -2.13. The average Bonchev–Trinajstić information content (AvgIpc) is 2.90. The minimum Gasteiger partial charge on any atom is -0.496 e. The van der Waals surface area contributed by atoms with Gasteiger partial charge in [0.05, 0.1) is 18.7 Å². The zero-order valence-corrected chi connectivity index (χ0v) is 12.1. The molecule has 20 heavy (non-hydrogen) atoms. The molecule has 0 saturated carbocycles. The molecule has 0 amide bonds. The number of halogens is 4. The second kappa shape index (κ2) is 6.47. The van der Waals surface area contributed by atoms with Gasteiger partial charge in [0.25, 0.3) is 0 Å². The van der Waals surface area contributed by atoms with Gasteiger partial charge in [-0.05, 0) is 23.6 Å². The molecule has 0 aliphatic heterocycles. The Hall–Kier alpha value is -1.24. The molecule has 0 fully saturated rings. The summed E-state index contributed by atoms with van der Waals surface area (Å²) in [7, 11) is 1.33. The highest BCUT2D eigenvalue weighted by Gasteiger charge is 2.31. The quantitative estimate of drug-likeness (QED) is 0.916. The molecular formula is C13H13ClF3NOS. The van der Waals surface area contributed by atoms with Crippen LogP contribution in [0, 0.1) is 0 Å². The SMILES string of the molecule is COc1cc(C(F)(F)F)ccc1[C@H](N)c1cccs1.Cl. The van der Waals surface area contributed by atoms with Gasteiger partial charge in [-0.2, -0.15) is 13.2 Å². The summed E-state index contributed by atoms with van der Waals surface area (Å²) in [4.78, 5) is 0.873. The van der Waals surface area contributed by atoms with Crippen LogP contribution in [0.1, 0.15) is 22.0 Å². The van der Waals surface area contributed by atoms with Gasteiger partial charge in [0.15, 0.2) is 0 Å². The Bertz CT molecular complexity index is 557. The Kier molecular flexibility index (Phi) is 5.44. The molecule has 0 aliphatic rings. The lowest BCUT2D eigenvalue weighted by molar-refractivity contribution is -0.137. The molecular weight excluding hydrogens is 311 g/mol. The van der Waals surface area contributed by atoms with E-state index in [1.165, 1.54) is 24.5 Å². The van der Waals surface area contributed by atoms with Crippen LogP contribution in [-0.2, 0) is 6.18 Å². The van der Waals surface area contributed by atoms with E-state index in [1.807, 2.05) is 17.5 Å². The Morgan fingerprint density at radius 2 is 1.95 bits per heavy atom. The molecule has 2 N–H and O–H groups in total. The molecule has 0 radical (unpaired) electrons. The summed E-state index contributed by atoms with van der Waals surface area (Å²) in [5.74, 6) is 0.149. The second-order valence-corrected chi connectivity index (χ2v) is 4.93. The number of ether oxygens (including phenoxy) is 1. The van der Waals surface area contributed by atoms with Gasteiger partial charge in [0, 0.05) is 10.4 Å². The normalized spacial score (nSPS) is 12.7. The van der Waals surface area contributed by atoms with Crippen LogP contribution in [0.5, 0.6) is 5.75 Å². The lowest BCUT2D eigenvalue weighted by atomic mass is 10.0. The number of methoxy groups -OCH3 is 1. The first-order valence-electron chi connectivity index (χ1n) is 5.47. The molecule has 7 heteroatoms. The van der Waals surface area contributed by atoms with Gasteiger partial charge in [0.1, 0.15) is 5.75 Å². The van der Waals surface area contributed by atoms with E-state index in [0.29, 0.717) is 5.56 Å². The van der Waals surface area contributed by atoms with Gasteiger partial charge in [-0.15, -0.1) is 23.7 Å². The Balaban J connectivity index is 0.00000200. The molecule has 0 spiro atoms. The summed E-state index contributed by atoms with van der Waals surface area (Å²) in [5.41, 5.74) is 5.84. The van der Waals surface area contributed by atoms with Crippen molar-refractivity contribution in [3.8, 4) is 5.75 Å². The molecule has 1 heterocycles. The molecule has 1 aromatic heterocycles. The van der Waals surface area contributed by atoms with Crippen LogP contribution in [0.3, 0.4) is 0 Å². The second-order valence-electron chi connectivity index (χ2n) is 3.95. The summed E-state index contributed by atoms with van der Waals surface area (Å²) >= 11 is 1.45. The molecule has 2 rings (SSSR count). The van der Waals surface area contributed by atoms with E-state index in [0.717, 1.165) is 17.0 Å². The predicted octanol–water partition coefficient (Wildman–Crippen LogP) is 4.25. The maximum absolute atomic E-state index is 12.6. The van der Waals surface area contributed by atoms with Crippen LogP contribution in [0.15, 0.2) is 35.7 Å². The van der Waals surface area contributed by atoms with Crippen molar-refractivity contribution in [1.82, 2.24) is 0 Å². The molecule has 0 aliphatic carbocycles. The molecule has 0 bridgehead atoms. The van der Waals surface area contributed by atoms with E-state index in [9.17, 15) is 13.2 Å². The number of nitrogens with two attached hydrogens (primary N) is 1. The molecule has 2 nitrogen and oxygen atoms in total. The van der Waals surface area contributed by atoms with Gasteiger partial charge in [-0.25, -0.2) is 0 Å². The zero-order valence-electron chi connectivity index (χ0n) is 10.5. The first kappa shape index (κ1) is 16.8. The predicted molar refractivity (Wildman–Crippen MR) is 75.6 cm³/mol. The van der Waals surface area contributed by atoms with Crippen molar-refractivity contribution in [2.24, 2.45) is 5.73 Å². The minimum absolute atomic E-state index is 0. The van der Waals surface area contributed by atoms with Gasteiger partial charge < -0.3 is 10.5 Å².